The van der Waals surface area contributed by atoms with Crippen LogP contribution in [0.3, 0.4) is 0 Å². The van der Waals surface area contributed by atoms with Crippen molar-refractivity contribution < 1.29 is 14.3 Å². The second kappa shape index (κ2) is 7.15. The minimum Gasteiger partial charge on any atom is -0.496 e. The van der Waals surface area contributed by atoms with E-state index >= 15 is 0 Å². The van der Waals surface area contributed by atoms with Crippen LogP contribution in [0, 0.1) is 0 Å². The van der Waals surface area contributed by atoms with E-state index in [4.69, 9.17) is 4.74 Å². The minimum absolute atomic E-state index is 0.0995. The van der Waals surface area contributed by atoms with Crippen LogP contribution in [0.25, 0.3) is 11.1 Å². The van der Waals surface area contributed by atoms with Crippen molar-refractivity contribution in [1.82, 2.24) is 10.2 Å². The number of nitrogens with zero attached hydrogens (tertiary/aromatic N) is 1. The van der Waals surface area contributed by atoms with Crippen molar-refractivity contribution >= 4 is 11.9 Å². The average Bonchev–Trinajstić information content (AvgIpc) is 3.02. The number of fused-ring (bicyclic) bond motifs is 1. The number of imide groups is 1. The Morgan fingerprint density at radius 2 is 1.67 bits per heavy atom. The first kappa shape index (κ1) is 20.5. The highest BCUT2D eigenvalue weighted by molar-refractivity contribution is 6.01. The van der Waals surface area contributed by atoms with E-state index < -0.39 is 0 Å². The second-order valence-electron chi connectivity index (χ2n) is 9.77. The Kier molecular flexibility index (Phi) is 4.88. The van der Waals surface area contributed by atoms with Crippen LogP contribution in [0.1, 0.15) is 57.2 Å². The van der Waals surface area contributed by atoms with Crippen molar-refractivity contribution in [2.75, 3.05) is 13.7 Å². The summed E-state index contributed by atoms with van der Waals surface area (Å²) in [5.74, 6) is 0.543. The molecule has 1 fully saturated rings. The lowest BCUT2D eigenvalue weighted by atomic mass is 9.63. The van der Waals surface area contributed by atoms with Crippen LogP contribution in [0.4, 0.5) is 4.79 Å². The summed E-state index contributed by atoms with van der Waals surface area (Å²) in [5, 5.41) is 2.33. The highest BCUT2D eigenvalue weighted by Crippen LogP contribution is 2.47. The first-order valence-corrected chi connectivity index (χ1v) is 10.5. The Labute approximate surface area is 178 Å². The molecule has 2 aliphatic rings. The molecule has 0 radical (unpaired) electrons. The number of methoxy groups -OCH3 is 1. The molecule has 5 heteroatoms. The minimum atomic E-state index is -0.338. The standard InChI is InChI=1S/C25H30N2O3/c1-24(2)10-11-25(3,4)20-13-17(7-8-19(20)24)18-12-16(6-9-21(18)30-5)14-27-15-22(28)26-23(27)29/h6-9,12-13H,10-11,14-15H2,1-5H3,(H,26,28,29). The number of nitrogens with one attached hydrogen (secondary N) is 1. The number of rotatable bonds is 4. The molecule has 5 nitrogen and oxygen atoms in total. The molecule has 158 valence electrons. The largest absolute Gasteiger partial charge is 0.496 e. The summed E-state index contributed by atoms with van der Waals surface area (Å²) in [4.78, 5) is 24.9. The zero-order chi connectivity index (χ0) is 21.7. The molecule has 3 amide bonds. The predicted molar refractivity (Wildman–Crippen MR) is 118 cm³/mol. The molecule has 0 spiro atoms. The number of amides is 3. The molecule has 1 heterocycles. The fourth-order valence-electron chi connectivity index (χ4n) is 4.67. The number of hydrogen-bond donors (Lipinski definition) is 1. The van der Waals surface area contributed by atoms with Crippen LogP contribution >= 0.6 is 0 Å². The number of ether oxygens (including phenoxy) is 1. The van der Waals surface area contributed by atoms with Crippen molar-refractivity contribution in [1.29, 1.82) is 0 Å². The lowest BCUT2D eigenvalue weighted by Crippen LogP contribution is -2.33. The fourth-order valence-corrected chi connectivity index (χ4v) is 4.67. The van der Waals surface area contributed by atoms with Gasteiger partial charge in [0.25, 0.3) is 0 Å². The zero-order valence-electron chi connectivity index (χ0n) is 18.5. The van der Waals surface area contributed by atoms with E-state index in [2.05, 4.69) is 57.3 Å². The monoisotopic (exact) mass is 406 g/mol. The topological polar surface area (TPSA) is 58.6 Å². The first-order chi connectivity index (χ1) is 14.1. The number of carbonyl (C=O) groups is 2. The van der Waals surface area contributed by atoms with Crippen LogP contribution < -0.4 is 10.1 Å². The molecule has 1 saturated heterocycles. The summed E-state index contributed by atoms with van der Waals surface area (Å²) in [7, 11) is 1.68. The number of urea groups is 1. The molecule has 2 aromatic rings. The molecule has 0 unspecified atom stereocenters. The molecular weight excluding hydrogens is 376 g/mol. The molecule has 0 bridgehead atoms. The van der Waals surface area contributed by atoms with Gasteiger partial charge in [0.15, 0.2) is 0 Å². The summed E-state index contributed by atoms with van der Waals surface area (Å²) >= 11 is 0. The normalized spacial score (nSPS) is 19.4. The SMILES string of the molecule is COc1ccc(CN2CC(=O)NC2=O)cc1-c1ccc2c(c1)C(C)(C)CCC2(C)C. The van der Waals surface area contributed by atoms with Crippen LogP contribution in [0.2, 0.25) is 0 Å². The predicted octanol–water partition coefficient (Wildman–Crippen LogP) is 4.76. The molecule has 4 rings (SSSR count). The van der Waals surface area contributed by atoms with Crippen molar-refractivity contribution in [3.8, 4) is 16.9 Å². The van der Waals surface area contributed by atoms with Gasteiger partial charge >= 0.3 is 6.03 Å². The molecule has 30 heavy (non-hydrogen) atoms. The maximum Gasteiger partial charge on any atom is 0.324 e. The van der Waals surface area contributed by atoms with E-state index in [1.807, 2.05) is 12.1 Å². The summed E-state index contributed by atoms with van der Waals surface area (Å²) in [5.41, 5.74) is 6.19. The van der Waals surface area contributed by atoms with E-state index in [1.54, 1.807) is 7.11 Å². The van der Waals surface area contributed by atoms with Crippen LogP contribution in [0.15, 0.2) is 36.4 Å². The van der Waals surface area contributed by atoms with Crippen molar-refractivity contribution in [2.24, 2.45) is 0 Å². The van der Waals surface area contributed by atoms with Gasteiger partial charge in [-0.25, -0.2) is 4.79 Å². The van der Waals surface area contributed by atoms with E-state index in [0.717, 1.165) is 28.9 Å². The lowest BCUT2D eigenvalue weighted by molar-refractivity contribution is -0.118. The van der Waals surface area contributed by atoms with Gasteiger partial charge in [-0.2, -0.15) is 0 Å². The summed E-state index contributed by atoms with van der Waals surface area (Å²) in [6.07, 6.45) is 2.34. The van der Waals surface area contributed by atoms with E-state index in [9.17, 15) is 9.59 Å². The smallest absolute Gasteiger partial charge is 0.324 e. The first-order valence-electron chi connectivity index (χ1n) is 10.5. The lowest BCUT2D eigenvalue weighted by Gasteiger charge is -2.42. The molecular formula is C25H30N2O3. The van der Waals surface area contributed by atoms with Crippen molar-refractivity contribution in [3.63, 3.8) is 0 Å². The number of benzene rings is 2. The Morgan fingerprint density at radius 1 is 0.967 bits per heavy atom. The maximum atomic E-state index is 11.9. The Bertz CT molecular complexity index is 1020. The third-order valence-corrected chi connectivity index (χ3v) is 6.67. The third-order valence-electron chi connectivity index (χ3n) is 6.67. The second-order valence-corrected chi connectivity index (χ2v) is 9.77. The molecule has 0 saturated carbocycles. The molecule has 2 aromatic carbocycles. The van der Waals surface area contributed by atoms with Crippen molar-refractivity contribution in [3.05, 3.63) is 53.1 Å². The van der Waals surface area contributed by atoms with Gasteiger partial charge in [-0.15, -0.1) is 0 Å². The van der Waals surface area contributed by atoms with Crippen LogP contribution in [-0.4, -0.2) is 30.5 Å². The molecule has 1 N–H and O–H groups in total. The Morgan fingerprint density at radius 3 is 2.30 bits per heavy atom. The summed E-state index contributed by atoms with van der Waals surface area (Å²) in [6.45, 7) is 9.78. The van der Waals surface area contributed by atoms with Gasteiger partial charge in [-0.3, -0.25) is 10.1 Å². The molecule has 0 aromatic heterocycles. The summed E-state index contributed by atoms with van der Waals surface area (Å²) in [6, 6.07) is 12.4. The molecule has 1 aliphatic carbocycles. The zero-order valence-corrected chi connectivity index (χ0v) is 18.5. The van der Waals surface area contributed by atoms with Gasteiger partial charge in [-0.1, -0.05) is 52.0 Å². The fraction of sp³-hybridized carbons (Fsp3) is 0.440. The van der Waals surface area contributed by atoms with Gasteiger partial charge in [-0.05, 0) is 58.1 Å². The average molecular weight is 407 g/mol. The van der Waals surface area contributed by atoms with Gasteiger partial charge < -0.3 is 9.64 Å². The third kappa shape index (κ3) is 3.57. The molecule has 1 aliphatic heterocycles. The Hall–Kier alpha value is -2.82. The summed E-state index contributed by atoms with van der Waals surface area (Å²) < 4.78 is 5.65. The molecule has 0 atom stereocenters. The van der Waals surface area contributed by atoms with Crippen LogP contribution in [0.5, 0.6) is 5.75 Å². The van der Waals surface area contributed by atoms with Crippen LogP contribution in [-0.2, 0) is 22.2 Å². The van der Waals surface area contributed by atoms with E-state index in [-0.39, 0.29) is 29.3 Å². The van der Waals surface area contributed by atoms with E-state index in [0.29, 0.717) is 6.54 Å². The van der Waals surface area contributed by atoms with Gasteiger partial charge in [0, 0.05) is 12.1 Å². The Balaban J connectivity index is 1.75. The highest BCUT2D eigenvalue weighted by atomic mass is 16.5. The van der Waals surface area contributed by atoms with Gasteiger partial charge in [0.2, 0.25) is 5.91 Å². The number of hydrogen-bond acceptors (Lipinski definition) is 3. The van der Waals surface area contributed by atoms with E-state index in [1.165, 1.54) is 22.4 Å². The van der Waals surface area contributed by atoms with Crippen molar-refractivity contribution in [2.45, 2.75) is 57.9 Å². The quantitative estimate of drug-likeness (QED) is 0.745. The maximum absolute atomic E-state index is 11.9. The number of carbonyl (C=O) groups excluding carboxylic acids is 2. The van der Waals surface area contributed by atoms with Gasteiger partial charge in [0.1, 0.15) is 12.3 Å². The van der Waals surface area contributed by atoms with Gasteiger partial charge in [0.05, 0.1) is 7.11 Å². The highest BCUT2D eigenvalue weighted by Gasteiger charge is 2.37.